The number of para-hydroxylation sites is 1. The van der Waals surface area contributed by atoms with E-state index in [1.54, 1.807) is 11.3 Å². The summed E-state index contributed by atoms with van der Waals surface area (Å²) in [4.78, 5) is 13.1. The van der Waals surface area contributed by atoms with E-state index in [0.29, 0.717) is 27.3 Å². The molecule has 0 radical (unpaired) electrons. The second-order valence-corrected chi connectivity index (χ2v) is 9.14. The fourth-order valence-corrected chi connectivity index (χ4v) is 5.29. The highest BCUT2D eigenvalue weighted by molar-refractivity contribution is 8.00. The molecule has 0 bridgehead atoms. The summed E-state index contributed by atoms with van der Waals surface area (Å²) >= 11 is 3.04. The van der Waals surface area contributed by atoms with E-state index in [4.69, 9.17) is 0 Å². The van der Waals surface area contributed by atoms with Crippen molar-refractivity contribution in [1.29, 1.82) is 0 Å². The second-order valence-electron chi connectivity index (χ2n) is 6.89. The molecule has 0 atom stereocenters. The number of halogens is 4. The zero-order valence-electron chi connectivity index (χ0n) is 16.2. The zero-order valence-corrected chi connectivity index (χ0v) is 17.8. The largest absolute Gasteiger partial charge is 0.230 e. The summed E-state index contributed by atoms with van der Waals surface area (Å²) in [5.74, 6) is -5.31. The van der Waals surface area contributed by atoms with Crippen LogP contribution in [0.4, 0.5) is 17.6 Å². The Hall–Kier alpha value is -3.58. The Morgan fingerprint density at radius 2 is 1.76 bits per heavy atom. The summed E-state index contributed by atoms with van der Waals surface area (Å²) in [6.07, 6.45) is 2.55. The van der Waals surface area contributed by atoms with Gasteiger partial charge in [0.1, 0.15) is 12.0 Å². The van der Waals surface area contributed by atoms with Crippen LogP contribution in [0.15, 0.2) is 47.2 Å². The monoisotopic (exact) mass is 487 g/mol. The number of hydrogen-bond donors (Lipinski definition) is 0. The standard InChI is InChI=1S/C20H9F4N7S2/c21-10-5-11(22)16(24)17(15(10)23)31-18-9(6-26-31)19-28-14(29-30(19)8-25-18)7-32-20-27-12-3-1-2-4-13(12)33-20/h1-6,8H,7H2. The molecule has 2 aromatic carbocycles. The minimum Gasteiger partial charge on any atom is -0.230 e. The van der Waals surface area contributed by atoms with Crippen LogP contribution in [-0.2, 0) is 5.75 Å². The summed E-state index contributed by atoms with van der Waals surface area (Å²) in [7, 11) is 0. The highest BCUT2D eigenvalue weighted by Crippen LogP contribution is 2.31. The van der Waals surface area contributed by atoms with Gasteiger partial charge < -0.3 is 0 Å². The fourth-order valence-electron chi connectivity index (χ4n) is 3.38. The van der Waals surface area contributed by atoms with E-state index in [1.807, 2.05) is 24.3 Å². The minimum absolute atomic E-state index is 0.0249. The van der Waals surface area contributed by atoms with Gasteiger partial charge in [-0.2, -0.15) is 5.10 Å². The van der Waals surface area contributed by atoms with Crippen molar-refractivity contribution in [2.45, 2.75) is 10.1 Å². The maximum atomic E-state index is 14.3. The average Bonchev–Trinajstić information content (AvgIpc) is 3.52. The maximum absolute atomic E-state index is 14.3. The molecule has 0 N–H and O–H groups in total. The van der Waals surface area contributed by atoms with Crippen molar-refractivity contribution >= 4 is 50.0 Å². The Morgan fingerprint density at radius 1 is 0.970 bits per heavy atom. The average molecular weight is 487 g/mol. The molecule has 6 rings (SSSR count). The lowest BCUT2D eigenvalue weighted by Crippen LogP contribution is -2.08. The van der Waals surface area contributed by atoms with Crippen molar-refractivity contribution in [3.8, 4) is 5.69 Å². The van der Waals surface area contributed by atoms with Crippen LogP contribution in [0.25, 0.3) is 32.6 Å². The Kier molecular flexibility index (Phi) is 4.55. The van der Waals surface area contributed by atoms with Gasteiger partial charge in [0.05, 0.1) is 27.6 Å². The summed E-state index contributed by atoms with van der Waals surface area (Å²) in [6.45, 7) is 0. The van der Waals surface area contributed by atoms with Crippen LogP contribution >= 0.6 is 23.1 Å². The van der Waals surface area contributed by atoms with E-state index in [1.165, 1.54) is 28.8 Å². The molecular weight excluding hydrogens is 478 g/mol. The molecular formula is C20H9F4N7S2. The first-order chi connectivity index (χ1) is 16.0. The Morgan fingerprint density at radius 3 is 2.55 bits per heavy atom. The molecule has 0 spiro atoms. The predicted octanol–water partition coefficient (Wildman–Crippen LogP) is 4.92. The normalized spacial score (nSPS) is 11.9. The van der Waals surface area contributed by atoms with Crippen molar-refractivity contribution in [1.82, 2.24) is 34.3 Å². The van der Waals surface area contributed by atoms with Crippen LogP contribution < -0.4 is 0 Å². The van der Waals surface area contributed by atoms with E-state index < -0.39 is 29.0 Å². The van der Waals surface area contributed by atoms with Crippen LogP contribution in [0.3, 0.4) is 0 Å². The number of thiazole rings is 1. The van der Waals surface area contributed by atoms with Crippen molar-refractivity contribution in [3.63, 3.8) is 0 Å². The number of fused-ring (bicyclic) bond motifs is 4. The lowest BCUT2D eigenvalue weighted by molar-refractivity contribution is 0.445. The molecule has 0 unspecified atom stereocenters. The first kappa shape index (κ1) is 20.1. The molecule has 7 nitrogen and oxygen atoms in total. The van der Waals surface area contributed by atoms with Crippen LogP contribution in [0.5, 0.6) is 0 Å². The third kappa shape index (κ3) is 3.23. The number of aromatic nitrogens is 7. The van der Waals surface area contributed by atoms with Gasteiger partial charge in [-0.1, -0.05) is 23.9 Å². The number of nitrogens with zero attached hydrogens (tertiary/aromatic N) is 7. The van der Waals surface area contributed by atoms with Crippen LogP contribution in [-0.4, -0.2) is 34.3 Å². The molecule has 4 aromatic heterocycles. The molecule has 0 aliphatic rings. The minimum atomic E-state index is -1.57. The molecule has 6 aromatic rings. The van der Waals surface area contributed by atoms with Crippen molar-refractivity contribution < 1.29 is 17.6 Å². The molecule has 0 aliphatic carbocycles. The second kappa shape index (κ2) is 7.49. The smallest absolute Gasteiger partial charge is 0.187 e. The van der Waals surface area contributed by atoms with E-state index in [-0.39, 0.29) is 11.7 Å². The molecule has 0 fully saturated rings. The van der Waals surface area contributed by atoms with E-state index >= 15 is 0 Å². The van der Waals surface area contributed by atoms with Crippen LogP contribution in [0.2, 0.25) is 0 Å². The van der Waals surface area contributed by atoms with Crippen molar-refractivity contribution in [2.75, 3.05) is 0 Å². The SMILES string of the molecule is Fc1cc(F)c(F)c(-n2ncc3c2ncn2nc(CSc4nc5ccccc5s4)nc32)c1F. The summed E-state index contributed by atoms with van der Waals surface area (Å²) in [5, 5.41) is 8.57. The van der Waals surface area contributed by atoms with Gasteiger partial charge in [-0.25, -0.2) is 41.7 Å². The third-order valence-electron chi connectivity index (χ3n) is 4.85. The van der Waals surface area contributed by atoms with Crippen LogP contribution in [0.1, 0.15) is 5.82 Å². The van der Waals surface area contributed by atoms with Gasteiger partial charge in [-0.15, -0.1) is 16.4 Å². The topological polar surface area (TPSA) is 73.8 Å². The number of hydrogen-bond acceptors (Lipinski definition) is 7. The highest BCUT2D eigenvalue weighted by Gasteiger charge is 2.24. The maximum Gasteiger partial charge on any atom is 0.187 e. The van der Waals surface area contributed by atoms with Gasteiger partial charge in [0.25, 0.3) is 0 Å². The third-order valence-corrected chi connectivity index (χ3v) is 7.02. The quantitative estimate of drug-likeness (QED) is 0.200. The van der Waals surface area contributed by atoms with Gasteiger partial charge in [0.2, 0.25) is 0 Å². The molecule has 4 heterocycles. The molecule has 0 saturated heterocycles. The number of thioether (sulfide) groups is 1. The molecule has 13 heteroatoms. The predicted molar refractivity (Wildman–Crippen MR) is 114 cm³/mol. The van der Waals surface area contributed by atoms with Gasteiger partial charge in [-0.3, -0.25) is 0 Å². The lowest BCUT2D eigenvalue weighted by atomic mass is 10.2. The first-order valence-corrected chi connectivity index (χ1v) is 11.2. The van der Waals surface area contributed by atoms with Gasteiger partial charge >= 0.3 is 0 Å². The summed E-state index contributed by atoms with van der Waals surface area (Å²) in [5.41, 5.74) is 0.233. The molecule has 0 saturated carbocycles. The van der Waals surface area contributed by atoms with E-state index in [2.05, 4.69) is 25.1 Å². The first-order valence-electron chi connectivity index (χ1n) is 9.39. The zero-order chi connectivity index (χ0) is 22.7. The summed E-state index contributed by atoms with van der Waals surface area (Å²) in [6, 6.07) is 7.95. The summed E-state index contributed by atoms with van der Waals surface area (Å²) < 4.78 is 60.0. The molecule has 33 heavy (non-hydrogen) atoms. The van der Waals surface area contributed by atoms with E-state index in [0.717, 1.165) is 14.6 Å². The van der Waals surface area contributed by atoms with Crippen LogP contribution in [0, 0.1) is 23.3 Å². The number of benzene rings is 2. The van der Waals surface area contributed by atoms with Gasteiger partial charge in [0.15, 0.2) is 44.7 Å². The lowest BCUT2D eigenvalue weighted by Gasteiger charge is -2.07. The Balaban J connectivity index is 1.38. The molecule has 164 valence electrons. The van der Waals surface area contributed by atoms with Gasteiger partial charge in [-0.05, 0) is 12.1 Å². The van der Waals surface area contributed by atoms with Crippen molar-refractivity contribution in [3.05, 3.63) is 71.9 Å². The van der Waals surface area contributed by atoms with Gasteiger partial charge in [0, 0.05) is 6.07 Å². The number of rotatable bonds is 4. The molecule has 0 amide bonds. The van der Waals surface area contributed by atoms with Crippen molar-refractivity contribution in [2.24, 2.45) is 0 Å². The Labute approximate surface area is 189 Å². The highest BCUT2D eigenvalue weighted by atomic mass is 32.2. The van der Waals surface area contributed by atoms with E-state index in [9.17, 15) is 17.6 Å². The molecule has 0 aliphatic heterocycles. The Bertz CT molecular complexity index is 1630. The fraction of sp³-hybridized carbons (Fsp3) is 0.0500.